The van der Waals surface area contributed by atoms with Crippen LogP contribution in [0.3, 0.4) is 0 Å². The predicted octanol–water partition coefficient (Wildman–Crippen LogP) is 0.645. The monoisotopic (exact) mass is 352 g/mol. The number of halogens is 6. The Bertz CT molecular complexity index is 502. The molecule has 0 unspecified atom stereocenters. The lowest BCUT2D eigenvalue weighted by atomic mass is 10.4. The van der Waals surface area contributed by atoms with Crippen molar-refractivity contribution in [2.24, 2.45) is 0 Å². The first-order valence-electron chi connectivity index (χ1n) is 4.84. The maximum absolute atomic E-state index is 12.0. The van der Waals surface area contributed by atoms with Crippen LogP contribution in [0.5, 0.6) is 0 Å². The van der Waals surface area contributed by atoms with E-state index in [0.717, 1.165) is 0 Å². The quantitative estimate of drug-likeness (QED) is 0.575. The summed E-state index contributed by atoms with van der Waals surface area (Å²) in [6.45, 7) is 2.50. The van der Waals surface area contributed by atoms with E-state index in [4.69, 9.17) is 0 Å². The molecule has 0 spiro atoms. The highest BCUT2D eigenvalue weighted by atomic mass is 32.3. The standard InChI is InChI=1S/C4H9N.C2HF6NO4S2/c1-2-4-5-3-1;3-1(4,5)2(6,7)14(10,11)9-15(8,12)13/h5H,1-4H2;9H. The van der Waals surface area contributed by atoms with Gasteiger partial charge in [-0.2, -0.15) is 30.4 Å². The highest BCUT2D eigenvalue weighted by Crippen LogP contribution is 2.39. The summed E-state index contributed by atoms with van der Waals surface area (Å²) in [6.07, 6.45) is -3.79. The van der Waals surface area contributed by atoms with Gasteiger partial charge in [0.1, 0.15) is 0 Å². The summed E-state index contributed by atoms with van der Waals surface area (Å²) in [5, 5.41) is -3.20. The Labute approximate surface area is 110 Å². The Kier molecular flexibility index (Phi) is 6.25. The van der Waals surface area contributed by atoms with Crippen molar-refractivity contribution in [3.05, 3.63) is 0 Å². The molecule has 1 saturated heterocycles. The summed E-state index contributed by atoms with van der Waals surface area (Å²) >= 11 is 0. The van der Waals surface area contributed by atoms with Crippen molar-refractivity contribution in [1.29, 1.82) is 0 Å². The van der Waals surface area contributed by atoms with Crippen LogP contribution in [0.15, 0.2) is 0 Å². The van der Waals surface area contributed by atoms with Crippen LogP contribution in [0.1, 0.15) is 12.8 Å². The van der Waals surface area contributed by atoms with Gasteiger partial charge in [0.2, 0.25) is 0 Å². The second kappa shape index (κ2) is 6.44. The average molecular weight is 352 g/mol. The fourth-order valence-electron chi connectivity index (χ4n) is 0.961. The molecule has 0 bridgehead atoms. The largest absolute Gasteiger partial charge is 0.471 e. The first-order valence-corrected chi connectivity index (χ1v) is 7.70. The summed E-state index contributed by atoms with van der Waals surface area (Å²) in [6, 6.07) is 0. The SMILES string of the molecule is C1CCNC1.O=S(=O)(F)NS(=O)(=O)C(F)(F)C(F)(F)F. The van der Waals surface area contributed by atoms with Crippen LogP contribution in [0.2, 0.25) is 0 Å². The van der Waals surface area contributed by atoms with Crippen molar-refractivity contribution in [2.45, 2.75) is 24.3 Å². The van der Waals surface area contributed by atoms with Crippen LogP contribution in [-0.2, 0) is 20.4 Å². The van der Waals surface area contributed by atoms with Gasteiger partial charge in [0, 0.05) is 0 Å². The highest BCUT2D eigenvalue weighted by molar-refractivity contribution is 8.03. The Balaban J connectivity index is 0.000000595. The summed E-state index contributed by atoms with van der Waals surface area (Å²) in [7, 11) is -13.0. The number of hydrogen-bond donors (Lipinski definition) is 2. The van der Waals surface area contributed by atoms with Gasteiger partial charge in [-0.3, -0.25) is 0 Å². The zero-order chi connectivity index (χ0) is 16.2. The zero-order valence-corrected chi connectivity index (χ0v) is 11.2. The number of sulfonamides is 1. The molecule has 0 saturated carbocycles. The Hall–Kier alpha value is -0.600. The first kappa shape index (κ1) is 19.4. The third-order valence-electron chi connectivity index (χ3n) is 1.83. The second-order valence-corrected chi connectivity index (χ2v) is 6.56. The van der Waals surface area contributed by atoms with E-state index < -0.39 is 36.0 Å². The molecule has 14 heteroatoms. The van der Waals surface area contributed by atoms with Crippen molar-refractivity contribution in [3.8, 4) is 0 Å². The maximum atomic E-state index is 12.0. The van der Waals surface area contributed by atoms with Gasteiger partial charge in [-0.25, -0.2) is 8.42 Å². The third kappa shape index (κ3) is 5.80. The van der Waals surface area contributed by atoms with Crippen LogP contribution in [0.25, 0.3) is 0 Å². The fourth-order valence-corrected chi connectivity index (χ4v) is 2.73. The molecule has 1 heterocycles. The molecule has 1 fully saturated rings. The predicted molar refractivity (Wildman–Crippen MR) is 55.2 cm³/mol. The lowest BCUT2D eigenvalue weighted by Crippen LogP contribution is -2.50. The summed E-state index contributed by atoms with van der Waals surface area (Å²) < 4.78 is 109. The molecule has 1 aliphatic rings. The number of nitrogens with one attached hydrogen (secondary N) is 2. The molecule has 2 N–H and O–H groups in total. The lowest BCUT2D eigenvalue weighted by molar-refractivity contribution is -0.241. The van der Waals surface area contributed by atoms with Crippen molar-refractivity contribution in [2.75, 3.05) is 13.1 Å². The molecule has 20 heavy (non-hydrogen) atoms. The highest BCUT2D eigenvalue weighted by Gasteiger charge is 2.68. The van der Waals surface area contributed by atoms with Crippen LogP contribution in [-0.4, -0.2) is 41.4 Å². The van der Waals surface area contributed by atoms with Crippen LogP contribution in [0, 0.1) is 0 Å². The molecule has 0 radical (unpaired) electrons. The Morgan fingerprint density at radius 3 is 1.50 bits per heavy atom. The smallest absolute Gasteiger partial charge is 0.317 e. The molecule has 0 aliphatic carbocycles. The average Bonchev–Trinajstić information content (AvgIpc) is 2.68. The summed E-state index contributed by atoms with van der Waals surface area (Å²) in [4.78, 5) is 0. The van der Waals surface area contributed by atoms with Gasteiger partial charge in [0.15, 0.2) is 0 Å². The first-order chi connectivity index (χ1) is 8.71. The van der Waals surface area contributed by atoms with E-state index in [9.17, 15) is 42.7 Å². The number of rotatable bonds is 3. The minimum atomic E-state index is -6.75. The number of alkyl halides is 5. The zero-order valence-electron chi connectivity index (χ0n) is 9.55. The van der Waals surface area contributed by atoms with Crippen molar-refractivity contribution >= 4 is 20.4 Å². The molecule has 1 rings (SSSR count). The molecule has 0 atom stereocenters. The molecule has 0 aromatic carbocycles. The van der Waals surface area contributed by atoms with Crippen molar-refractivity contribution < 1.29 is 42.7 Å². The minimum Gasteiger partial charge on any atom is -0.317 e. The van der Waals surface area contributed by atoms with Crippen LogP contribution < -0.4 is 9.44 Å². The van der Waals surface area contributed by atoms with E-state index in [-0.39, 0.29) is 0 Å². The van der Waals surface area contributed by atoms with Gasteiger partial charge in [-0.05, 0) is 25.9 Å². The van der Waals surface area contributed by atoms with Gasteiger partial charge in [-0.15, -0.1) is 0 Å². The third-order valence-corrected chi connectivity index (χ3v) is 4.41. The molecule has 0 amide bonds. The van der Waals surface area contributed by atoms with Gasteiger partial charge < -0.3 is 5.32 Å². The van der Waals surface area contributed by atoms with Gasteiger partial charge in [-0.1, -0.05) is 8.01 Å². The van der Waals surface area contributed by atoms with E-state index in [1.54, 1.807) is 0 Å². The van der Waals surface area contributed by atoms with Crippen LogP contribution >= 0.6 is 0 Å². The van der Waals surface area contributed by atoms with E-state index in [2.05, 4.69) is 5.32 Å². The van der Waals surface area contributed by atoms with Crippen molar-refractivity contribution in [3.63, 3.8) is 0 Å². The fraction of sp³-hybridized carbons (Fsp3) is 1.00. The summed E-state index contributed by atoms with van der Waals surface area (Å²) in [5.41, 5.74) is 0. The molecule has 6 nitrogen and oxygen atoms in total. The molecular formula is C6H10F6N2O4S2. The Morgan fingerprint density at radius 1 is 0.900 bits per heavy atom. The minimum absolute atomic E-state index is 0.450. The lowest BCUT2D eigenvalue weighted by Gasteiger charge is -2.18. The molecular weight excluding hydrogens is 342 g/mol. The molecule has 1 aliphatic heterocycles. The number of hydrogen-bond acceptors (Lipinski definition) is 5. The second-order valence-electron chi connectivity index (χ2n) is 3.50. The van der Waals surface area contributed by atoms with E-state index in [1.807, 2.05) is 0 Å². The van der Waals surface area contributed by atoms with Gasteiger partial charge in [0.05, 0.1) is 0 Å². The molecule has 0 aromatic rings. The summed E-state index contributed by atoms with van der Waals surface area (Å²) in [5.74, 6) is 0. The Morgan fingerprint density at radius 2 is 1.30 bits per heavy atom. The van der Waals surface area contributed by atoms with Gasteiger partial charge >= 0.3 is 31.9 Å². The molecule has 0 aromatic heterocycles. The normalized spacial score (nSPS) is 17.5. The van der Waals surface area contributed by atoms with Crippen LogP contribution in [0.4, 0.5) is 25.8 Å². The van der Waals surface area contributed by atoms with E-state index in [1.165, 1.54) is 25.9 Å². The maximum Gasteiger partial charge on any atom is 0.471 e. The van der Waals surface area contributed by atoms with Gasteiger partial charge in [0.25, 0.3) is 0 Å². The van der Waals surface area contributed by atoms with Crippen molar-refractivity contribution in [1.82, 2.24) is 9.44 Å². The van der Waals surface area contributed by atoms with E-state index in [0.29, 0.717) is 0 Å². The topological polar surface area (TPSA) is 92.3 Å². The molecule has 122 valence electrons. The van der Waals surface area contributed by atoms with E-state index >= 15 is 0 Å².